The number of carbonyl (C=O) groups excluding carboxylic acids is 5. The molecule has 3 atom stereocenters. The second-order valence-corrected chi connectivity index (χ2v) is 15.9. The lowest BCUT2D eigenvalue weighted by Gasteiger charge is -2.36. The second-order valence-electron chi connectivity index (χ2n) is 14.6. The number of carbonyl (C=O) groups is 5. The molecule has 4 amide bonds. The number of nitrogens with one attached hydrogen (secondary N) is 3. The summed E-state index contributed by atoms with van der Waals surface area (Å²) in [6.07, 6.45) is -0.775. The lowest BCUT2D eigenvalue weighted by molar-refractivity contribution is -0.151. The number of fused-ring (bicyclic) bond motifs is 3. The molecule has 12 heteroatoms. The van der Waals surface area contributed by atoms with Gasteiger partial charge < -0.3 is 31.2 Å². The van der Waals surface area contributed by atoms with Crippen LogP contribution in [0.3, 0.4) is 0 Å². The first kappa shape index (κ1) is 42.2. The van der Waals surface area contributed by atoms with Gasteiger partial charge in [0.2, 0.25) is 11.8 Å². The Morgan fingerprint density at radius 2 is 1.12 bits per heavy atom. The molecule has 6 rings (SSSR count). The van der Waals surface area contributed by atoms with Crippen LogP contribution in [0.5, 0.6) is 0 Å². The maximum Gasteiger partial charge on any atom is 0.407 e. The van der Waals surface area contributed by atoms with E-state index in [1.165, 1.54) is 18.7 Å². The van der Waals surface area contributed by atoms with Gasteiger partial charge in [-0.25, -0.2) is 9.59 Å². The maximum absolute atomic E-state index is 13.3. The SMILES string of the molecule is CC(C)[C@H](NC(=O)OCC1c2ccccc2-c2ccccc21)C(=O)N[C@@H](C)C(=O)OCC(=O)N[C@@H](CSC(c1ccccc1)(c1ccccc1)c1ccccc1)C(N)=O. The van der Waals surface area contributed by atoms with Crippen molar-refractivity contribution in [2.75, 3.05) is 19.0 Å². The summed E-state index contributed by atoms with van der Waals surface area (Å²) in [6.45, 7) is 4.25. The van der Waals surface area contributed by atoms with Crippen LogP contribution in [0.25, 0.3) is 11.1 Å². The molecule has 0 fully saturated rings. The molecule has 0 bridgehead atoms. The molecule has 59 heavy (non-hydrogen) atoms. The number of rotatable bonds is 17. The normalized spacial score (nSPS) is 13.6. The lowest BCUT2D eigenvalue weighted by atomic mass is 9.84. The molecule has 1 aliphatic carbocycles. The quantitative estimate of drug-likeness (QED) is 0.0628. The molecular formula is C47H48N4O7S. The Labute approximate surface area is 348 Å². The van der Waals surface area contributed by atoms with Crippen molar-refractivity contribution in [1.29, 1.82) is 0 Å². The summed E-state index contributed by atoms with van der Waals surface area (Å²) in [5.74, 6) is -3.46. The topological polar surface area (TPSA) is 166 Å². The summed E-state index contributed by atoms with van der Waals surface area (Å²) in [5.41, 5.74) is 13.0. The Morgan fingerprint density at radius 1 is 0.644 bits per heavy atom. The predicted molar refractivity (Wildman–Crippen MR) is 228 cm³/mol. The average Bonchev–Trinajstić information content (AvgIpc) is 3.57. The van der Waals surface area contributed by atoms with Crippen LogP contribution in [0.4, 0.5) is 4.79 Å². The monoisotopic (exact) mass is 812 g/mol. The van der Waals surface area contributed by atoms with Gasteiger partial charge in [0.1, 0.15) is 24.7 Å². The zero-order valence-corrected chi connectivity index (χ0v) is 33.9. The molecule has 0 saturated heterocycles. The molecule has 11 nitrogen and oxygen atoms in total. The third kappa shape index (κ3) is 9.84. The van der Waals surface area contributed by atoms with Crippen LogP contribution >= 0.6 is 11.8 Å². The van der Waals surface area contributed by atoms with E-state index in [4.69, 9.17) is 15.2 Å². The molecule has 0 unspecified atom stereocenters. The van der Waals surface area contributed by atoms with Crippen LogP contribution in [0.15, 0.2) is 140 Å². The highest BCUT2D eigenvalue weighted by Gasteiger charge is 2.38. The minimum atomic E-state index is -1.17. The van der Waals surface area contributed by atoms with Gasteiger partial charge in [0.05, 0.1) is 4.75 Å². The van der Waals surface area contributed by atoms with E-state index in [0.717, 1.165) is 38.9 Å². The summed E-state index contributed by atoms with van der Waals surface area (Å²) in [6, 6.07) is 42.2. The van der Waals surface area contributed by atoms with E-state index >= 15 is 0 Å². The van der Waals surface area contributed by atoms with E-state index in [2.05, 4.69) is 16.0 Å². The van der Waals surface area contributed by atoms with Gasteiger partial charge in [-0.2, -0.15) is 0 Å². The zero-order valence-electron chi connectivity index (χ0n) is 33.1. The van der Waals surface area contributed by atoms with Gasteiger partial charge in [-0.3, -0.25) is 14.4 Å². The van der Waals surface area contributed by atoms with Gasteiger partial charge in [-0.1, -0.05) is 153 Å². The third-order valence-electron chi connectivity index (χ3n) is 10.3. The first-order valence-electron chi connectivity index (χ1n) is 19.5. The molecule has 5 aromatic carbocycles. The largest absolute Gasteiger partial charge is 0.454 e. The van der Waals surface area contributed by atoms with Crippen LogP contribution in [0.2, 0.25) is 0 Å². The fourth-order valence-electron chi connectivity index (χ4n) is 7.33. The number of esters is 1. The first-order chi connectivity index (χ1) is 28.5. The molecule has 0 heterocycles. The van der Waals surface area contributed by atoms with E-state index < -0.39 is 59.3 Å². The summed E-state index contributed by atoms with van der Waals surface area (Å²) in [7, 11) is 0. The highest BCUT2D eigenvalue weighted by molar-refractivity contribution is 8.00. The van der Waals surface area contributed by atoms with Crippen LogP contribution in [0, 0.1) is 5.92 Å². The van der Waals surface area contributed by atoms with Crippen molar-refractivity contribution in [2.45, 2.75) is 49.6 Å². The highest BCUT2D eigenvalue weighted by Crippen LogP contribution is 2.49. The minimum Gasteiger partial charge on any atom is -0.454 e. The summed E-state index contributed by atoms with van der Waals surface area (Å²) >= 11 is 1.45. The fourth-order valence-corrected chi connectivity index (χ4v) is 8.91. The van der Waals surface area contributed by atoms with Gasteiger partial charge in [0.15, 0.2) is 6.61 Å². The van der Waals surface area contributed by atoms with Gasteiger partial charge in [-0.05, 0) is 51.8 Å². The van der Waals surface area contributed by atoms with E-state index in [-0.39, 0.29) is 24.2 Å². The highest BCUT2D eigenvalue weighted by atomic mass is 32.2. The molecule has 5 N–H and O–H groups in total. The second kappa shape index (κ2) is 19.4. The van der Waals surface area contributed by atoms with Crippen molar-refractivity contribution in [3.05, 3.63) is 167 Å². The van der Waals surface area contributed by atoms with Crippen molar-refractivity contribution in [1.82, 2.24) is 16.0 Å². The number of hydrogen-bond donors (Lipinski definition) is 4. The van der Waals surface area contributed by atoms with Crippen LogP contribution in [-0.4, -0.2) is 66.9 Å². The zero-order chi connectivity index (χ0) is 41.9. The van der Waals surface area contributed by atoms with Gasteiger partial charge in [0.25, 0.3) is 5.91 Å². The van der Waals surface area contributed by atoms with Gasteiger partial charge in [0, 0.05) is 11.7 Å². The van der Waals surface area contributed by atoms with Gasteiger partial charge in [-0.15, -0.1) is 11.8 Å². The lowest BCUT2D eigenvalue weighted by Crippen LogP contribution is -2.53. The van der Waals surface area contributed by atoms with Crippen molar-refractivity contribution in [3.8, 4) is 11.1 Å². The first-order valence-corrected chi connectivity index (χ1v) is 20.5. The number of hydrogen-bond acceptors (Lipinski definition) is 8. The molecule has 0 aliphatic heterocycles. The molecule has 0 saturated carbocycles. The van der Waals surface area contributed by atoms with Crippen LogP contribution in [0.1, 0.15) is 54.5 Å². The number of alkyl carbamates (subject to hydrolysis) is 1. The number of benzene rings is 5. The Hall–Kier alpha value is -6.40. The molecule has 0 aromatic heterocycles. The fraction of sp³-hybridized carbons (Fsp3) is 0.255. The predicted octanol–water partition coefficient (Wildman–Crippen LogP) is 6.29. The van der Waals surface area contributed by atoms with Crippen LogP contribution < -0.4 is 21.7 Å². The molecule has 0 radical (unpaired) electrons. The summed E-state index contributed by atoms with van der Waals surface area (Å²) < 4.78 is 10.1. The minimum absolute atomic E-state index is 0.0698. The number of primary amides is 1. The third-order valence-corrected chi connectivity index (χ3v) is 12.0. The molecule has 0 spiro atoms. The molecule has 5 aromatic rings. The maximum atomic E-state index is 13.3. The molecular weight excluding hydrogens is 765 g/mol. The van der Waals surface area contributed by atoms with Crippen molar-refractivity contribution >= 4 is 41.5 Å². The number of amides is 4. The molecule has 1 aliphatic rings. The van der Waals surface area contributed by atoms with Crippen LogP contribution in [-0.2, 0) is 33.4 Å². The standard InChI is InChI=1S/C47H48N4O7S/c1-30(2)42(51-46(56)58-27-39-37-25-15-13-23-35(37)36-24-14-16-26-38(36)39)44(54)49-31(3)45(55)57-28-41(52)50-40(43(48)53)29-59-47(32-17-7-4-8-18-32,33-19-9-5-10-20-33)34-21-11-6-12-22-34/h4-26,30-31,39-40,42H,27-29H2,1-3H3,(H2,48,53)(H,49,54)(H,50,52)(H,51,56)/t31-,40-,42-/m0/s1. The Kier molecular flexibility index (Phi) is 13.9. The number of thioether (sulfide) groups is 1. The van der Waals surface area contributed by atoms with E-state index in [1.807, 2.05) is 140 Å². The van der Waals surface area contributed by atoms with Gasteiger partial charge >= 0.3 is 12.1 Å². The Bertz CT molecular complexity index is 2110. The number of ether oxygens (including phenoxy) is 2. The van der Waals surface area contributed by atoms with E-state index in [0.29, 0.717) is 0 Å². The average molecular weight is 813 g/mol. The number of nitrogens with two attached hydrogens (primary N) is 1. The smallest absolute Gasteiger partial charge is 0.407 e. The summed E-state index contributed by atoms with van der Waals surface area (Å²) in [4.78, 5) is 65.1. The van der Waals surface area contributed by atoms with E-state index in [1.54, 1.807) is 13.8 Å². The van der Waals surface area contributed by atoms with Crippen molar-refractivity contribution in [3.63, 3.8) is 0 Å². The van der Waals surface area contributed by atoms with Crippen molar-refractivity contribution < 1.29 is 33.4 Å². The Morgan fingerprint density at radius 3 is 1.59 bits per heavy atom. The summed E-state index contributed by atoms with van der Waals surface area (Å²) in [5, 5.41) is 7.81. The Balaban J connectivity index is 1.03. The van der Waals surface area contributed by atoms with E-state index in [9.17, 15) is 24.0 Å². The van der Waals surface area contributed by atoms with Crippen molar-refractivity contribution in [2.24, 2.45) is 11.7 Å². The molecule has 304 valence electrons.